The van der Waals surface area contributed by atoms with E-state index in [2.05, 4.69) is 0 Å². The second-order valence-electron chi connectivity index (χ2n) is 7.62. The minimum Gasteiger partial charge on any atom is -0.493 e. The molecule has 0 aliphatic carbocycles. The number of carbonyl (C=O) groups excluding carboxylic acids is 2. The van der Waals surface area contributed by atoms with Gasteiger partial charge in [-0.2, -0.15) is 0 Å². The maximum Gasteiger partial charge on any atom is 0.261 e. The summed E-state index contributed by atoms with van der Waals surface area (Å²) in [6, 6.07) is 21.3. The summed E-state index contributed by atoms with van der Waals surface area (Å²) in [5, 5.41) is 1.29. The Hall–Kier alpha value is -2.82. The highest BCUT2D eigenvalue weighted by Gasteiger charge is 2.40. The minimum absolute atomic E-state index is 0.126. The molecule has 0 saturated carbocycles. The Kier molecular flexibility index (Phi) is 6.30. The molecule has 6 heteroatoms. The maximum atomic E-state index is 13.0. The molecule has 4 nitrogen and oxygen atoms in total. The van der Waals surface area contributed by atoms with Crippen LogP contribution in [0.3, 0.4) is 0 Å². The summed E-state index contributed by atoms with van der Waals surface area (Å²) in [6.45, 7) is 2.23. The minimum atomic E-state index is -0.365. The molecule has 0 saturated heterocycles. The monoisotopic (exact) mass is 453 g/mol. The zero-order chi connectivity index (χ0) is 22.0. The van der Waals surface area contributed by atoms with Crippen LogP contribution in [0.4, 0.5) is 0 Å². The number of benzene rings is 3. The Bertz CT molecular complexity index is 1060. The first-order chi connectivity index (χ1) is 14.9. The van der Waals surface area contributed by atoms with Gasteiger partial charge >= 0.3 is 0 Å². The maximum absolute atomic E-state index is 13.0. The average molecular weight is 454 g/mol. The Balaban J connectivity index is 1.58. The third-order valence-electron chi connectivity index (χ3n) is 5.60. The molecule has 1 heterocycles. The number of fused-ring (bicyclic) bond motifs is 1. The fraction of sp³-hybridized carbons (Fsp3) is 0.200. The molecule has 3 aromatic carbocycles. The van der Waals surface area contributed by atoms with Crippen LogP contribution in [0.2, 0.25) is 10.0 Å². The molecule has 1 aliphatic rings. The quantitative estimate of drug-likeness (QED) is 0.417. The number of carbonyl (C=O) groups is 2. The van der Waals surface area contributed by atoms with E-state index in [4.69, 9.17) is 27.9 Å². The Labute approximate surface area is 191 Å². The lowest BCUT2D eigenvalue weighted by Gasteiger charge is -2.30. The highest BCUT2D eigenvalue weighted by Crippen LogP contribution is 2.29. The van der Waals surface area contributed by atoms with Gasteiger partial charge in [-0.25, -0.2) is 0 Å². The number of rotatable bonds is 7. The van der Waals surface area contributed by atoms with Crippen molar-refractivity contribution in [1.82, 2.24) is 4.90 Å². The summed E-state index contributed by atoms with van der Waals surface area (Å²) in [5.74, 6) is 0.0283. The molecule has 1 aliphatic heterocycles. The van der Waals surface area contributed by atoms with Crippen LogP contribution in [0.5, 0.6) is 5.75 Å². The van der Waals surface area contributed by atoms with Gasteiger partial charge in [-0.1, -0.05) is 47.5 Å². The van der Waals surface area contributed by atoms with Crippen molar-refractivity contribution in [2.75, 3.05) is 6.61 Å². The fourth-order valence-corrected chi connectivity index (χ4v) is 4.07. The zero-order valence-corrected chi connectivity index (χ0v) is 18.4. The molecule has 31 heavy (non-hydrogen) atoms. The molecule has 0 radical (unpaired) electrons. The summed E-state index contributed by atoms with van der Waals surface area (Å²) in [7, 11) is 0. The average Bonchev–Trinajstić information content (AvgIpc) is 3.03. The predicted octanol–water partition coefficient (Wildman–Crippen LogP) is 5.92. The summed E-state index contributed by atoms with van der Waals surface area (Å²) >= 11 is 12.0. The molecule has 0 spiro atoms. The summed E-state index contributed by atoms with van der Waals surface area (Å²) in [5.41, 5.74) is 1.95. The predicted molar refractivity (Wildman–Crippen MR) is 122 cm³/mol. The third-order valence-corrected chi connectivity index (χ3v) is 6.11. The van der Waals surface area contributed by atoms with E-state index in [9.17, 15) is 9.59 Å². The summed E-state index contributed by atoms with van der Waals surface area (Å²) < 4.78 is 6.01. The van der Waals surface area contributed by atoms with Crippen molar-refractivity contribution in [2.24, 2.45) is 5.92 Å². The molecule has 3 aromatic rings. The van der Waals surface area contributed by atoms with Gasteiger partial charge in [-0.3, -0.25) is 14.5 Å². The summed E-state index contributed by atoms with van der Waals surface area (Å²) in [4.78, 5) is 27.3. The number of amides is 2. The first-order valence-corrected chi connectivity index (χ1v) is 10.8. The highest BCUT2D eigenvalue weighted by molar-refractivity contribution is 6.30. The van der Waals surface area contributed by atoms with Gasteiger partial charge in [0.25, 0.3) is 11.8 Å². The molecular weight excluding hydrogens is 433 g/mol. The topological polar surface area (TPSA) is 46.6 Å². The normalized spacial score (nSPS) is 15.0. The highest BCUT2D eigenvalue weighted by atomic mass is 35.5. The molecule has 0 fully saturated rings. The molecule has 0 bridgehead atoms. The standard InChI is InChI=1S/C25H21Cl2NO3/c1-16(28-24(29)22-4-2-3-5-23(22)25(28)30)18(14-17-6-8-19(26)9-7-17)15-31-21-12-10-20(27)11-13-21/h2-13,16,18H,14-15H2,1H3. The van der Waals surface area contributed by atoms with Crippen molar-refractivity contribution < 1.29 is 14.3 Å². The Morgan fingerprint density at radius 2 is 1.32 bits per heavy atom. The van der Waals surface area contributed by atoms with Gasteiger partial charge in [0.15, 0.2) is 0 Å². The van der Waals surface area contributed by atoms with Crippen LogP contribution in [0.15, 0.2) is 72.8 Å². The SMILES string of the molecule is CC(C(COc1ccc(Cl)cc1)Cc1ccc(Cl)cc1)N1C(=O)c2ccccc2C1=O. The van der Waals surface area contributed by atoms with Crippen LogP contribution in [0, 0.1) is 5.92 Å². The molecule has 4 rings (SSSR count). The number of hydrogen-bond donors (Lipinski definition) is 0. The van der Waals surface area contributed by atoms with Gasteiger partial charge in [0.1, 0.15) is 5.75 Å². The van der Waals surface area contributed by atoms with Crippen LogP contribution in [-0.4, -0.2) is 29.4 Å². The van der Waals surface area contributed by atoms with E-state index in [0.29, 0.717) is 39.9 Å². The van der Waals surface area contributed by atoms with Gasteiger partial charge in [-0.05, 0) is 67.4 Å². The van der Waals surface area contributed by atoms with E-state index in [-0.39, 0.29) is 23.8 Å². The van der Waals surface area contributed by atoms with E-state index in [1.165, 1.54) is 4.90 Å². The first kappa shape index (κ1) is 21.4. The van der Waals surface area contributed by atoms with E-state index in [1.807, 2.05) is 31.2 Å². The first-order valence-electron chi connectivity index (χ1n) is 10.0. The van der Waals surface area contributed by atoms with Gasteiger partial charge in [0, 0.05) is 22.0 Å². The van der Waals surface area contributed by atoms with Crippen molar-refractivity contribution in [3.8, 4) is 5.75 Å². The van der Waals surface area contributed by atoms with Gasteiger partial charge < -0.3 is 4.74 Å². The van der Waals surface area contributed by atoms with Crippen molar-refractivity contribution in [1.29, 1.82) is 0 Å². The molecule has 0 aromatic heterocycles. The van der Waals surface area contributed by atoms with Gasteiger partial charge in [0.2, 0.25) is 0 Å². The van der Waals surface area contributed by atoms with Crippen LogP contribution in [-0.2, 0) is 6.42 Å². The number of hydrogen-bond acceptors (Lipinski definition) is 3. The third kappa shape index (κ3) is 4.60. The van der Waals surface area contributed by atoms with Crippen molar-refractivity contribution in [3.05, 3.63) is 99.5 Å². The molecule has 2 atom stereocenters. The molecular formula is C25H21Cl2NO3. The van der Waals surface area contributed by atoms with Gasteiger partial charge in [0.05, 0.1) is 17.7 Å². The fourth-order valence-electron chi connectivity index (χ4n) is 3.81. The van der Waals surface area contributed by atoms with Crippen LogP contribution < -0.4 is 4.74 Å². The second-order valence-corrected chi connectivity index (χ2v) is 8.49. The number of imide groups is 1. The number of ether oxygens (including phenoxy) is 1. The van der Waals surface area contributed by atoms with E-state index in [0.717, 1.165) is 5.56 Å². The zero-order valence-electron chi connectivity index (χ0n) is 16.9. The molecule has 2 amide bonds. The van der Waals surface area contributed by atoms with Crippen molar-refractivity contribution >= 4 is 35.0 Å². The summed E-state index contributed by atoms with van der Waals surface area (Å²) in [6.07, 6.45) is 0.624. The largest absolute Gasteiger partial charge is 0.493 e. The van der Waals surface area contributed by atoms with Crippen LogP contribution in [0.25, 0.3) is 0 Å². The molecule has 0 N–H and O–H groups in total. The van der Waals surface area contributed by atoms with Crippen molar-refractivity contribution in [2.45, 2.75) is 19.4 Å². The number of nitrogens with zero attached hydrogens (tertiary/aromatic N) is 1. The Morgan fingerprint density at radius 1 is 0.806 bits per heavy atom. The lowest BCUT2D eigenvalue weighted by Crippen LogP contribution is -2.45. The second kappa shape index (κ2) is 9.13. The van der Waals surface area contributed by atoms with E-state index in [1.54, 1.807) is 48.5 Å². The van der Waals surface area contributed by atoms with Crippen LogP contribution >= 0.6 is 23.2 Å². The smallest absolute Gasteiger partial charge is 0.261 e. The molecule has 158 valence electrons. The lowest BCUT2D eigenvalue weighted by atomic mass is 9.92. The van der Waals surface area contributed by atoms with E-state index >= 15 is 0 Å². The molecule has 2 unspecified atom stereocenters. The van der Waals surface area contributed by atoms with E-state index < -0.39 is 0 Å². The lowest BCUT2D eigenvalue weighted by molar-refractivity contribution is 0.0510. The van der Waals surface area contributed by atoms with Crippen molar-refractivity contribution in [3.63, 3.8) is 0 Å². The Morgan fingerprint density at radius 3 is 1.87 bits per heavy atom. The number of halogens is 2. The van der Waals surface area contributed by atoms with Gasteiger partial charge in [-0.15, -0.1) is 0 Å². The van der Waals surface area contributed by atoms with Crippen LogP contribution in [0.1, 0.15) is 33.2 Å².